The lowest BCUT2D eigenvalue weighted by molar-refractivity contribution is 0.326. The van der Waals surface area contributed by atoms with Crippen LogP contribution in [0.15, 0.2) is 54.6 Å². The van der Waals surface area contributed by atoms with Gasteiger partial charge in [0.1, 0.15) is 12.4 Å². The summed E-state index contributed by atoms with van der Waals surface area (Å²) < 4.78 is 5.76. The molecule has 0 atom stereocenters. The minimum absolute atomic E-state index is 0.691. The van der Waals surface area contributed by atoms with Crippen LogP contribution in [0.5, 0.6) is 5.75 Å². The van der Waals surface area contributed by atoms with Crippen molar-refractivity contribution in [2.45, 2.75) is 13.3 Å². The first-order chi connectivity index (χ1) is 9.29. The summed E-state index contributed by atoms with van der Waals surface area (Å²) in [6.07, 6.45) is 1.07. The number of ether oxygens (including phenoxy) is 1. The van der Waals surface area contributed by atoms with Gasteiger partial charge in [0.25, 0.3) is 0 Å². The standard InChI is InChI=1S/C17H21NO/c1-3-15-9-11-17(12-10-15)19-14-13-18(2)16-7-5-4-6-8-16/h4-12H,3,13-14H2,1-2H3. The van der Waals surface area contributed by atoms with Crippen LogP contribution in [0.25, 0.3) is 0 Å². The van der Waals surface area contributed by atoms with Gasteiger partial charge in [-0.25, -0.2) is 0 Å². The van der Waals surface area contributed by atoms with Gasteiger partial charge < -0.3 is 9.64 Å². The van der Waals surface area contributed by atoms with E-state index < -0.39 is 0 Å². The van der Waals surface area contributed by atoms with Gasteiger partial charge in [-0.2, -0.15) is 0 Å². The molecule has 0 N–H and O–H groups in total. The molecule has 2 aromatic rings. The van der Waals surface area contributed by atoms with Crippen molar-refractivity contribution in [1.29, 1.82) is 0 Å². The molecule has 0 amide bonds. The molecular formula is C17H21NO. The van der Waals surface area contributed by atoms with Gasteiger partial charge in [0.15, 0.2) is 0 Å². The fourth-order valence-corrected chi connectivity index (χ4v) is 1.93. The Bertz CT molecular complexity index is 478. The molecule has 2 rings (SSSR count). The Morgan fingerprint density at radius 1 is 0.947 bits per heavy atom. The van der Waals surface area contributed by atoms with Crippen LogP contribution >= 0.6 is 0 Å². The molecular weight excluding hydrogens is 234 g/mol. The summed E-state index contributed by atoms with van der Waals surface area (Å²) in [5.41, 5.74) is 2.56. The number of likely N-dealkylation sites (N-methyl/N-ethyl adjacent to an activating group) is 1. The number of para-hydroxylation sites is 1. The summed E-state index contributed by atoms with van der Waals surface area (Å²) in [4.78, 5) is 2.19. The van der Waals surface area contributed by atoms with E-state index in [-0.39, 0.29) is 0 Å². The summed E-state index contributed by atoms with van der Waals surface area (Å²) in [5.74, 6) is 0.943. The number of hydrogen-bond donors (Lipinski definition) is 0. The van der Waals surface area contributed by atoms with Crippen LogP contribution in [0, 0.1) is 0 Å². The fraction of sp³-hybridized carbons (Fsp3) is 0.294. The smallest absolute Gasteiger partial charge is 0.119 e. The van der Waals surface area contributed by atoms with Crippen molar-refractivity contribution < 1.29 is 4.74 Å². The molecule has 0 aliphatic carbocycles. The van der Waals surface area contributed by atoms with E-state index in [0.29, 0.717) is 6.61 Å². The topological polar surface area (TPSA) is 12.5 Å². The van der Waals surface area contributed by atoms with Gasteiger partial charge in [0.2, 0.25) is 0 Å². The van der Waals surface area contributed by atoms with Crippen LogP contribution in [0.1, 0.15) is 12.5 Å². The van der Waals surface area contributed by atoms with Gasteiger partial charge in [0.05, 0.1) is 6.54 Å². The van der Waals surface area contributed by atoms with Gasteiger partial charge >= 0.3 is 0 Å². The van der Waals surface area contributed by atoms with Crippen molar-refractivity contribution in [3.63, 3.8) is 0 Å². The SMILES string of the molecule is CCc1ccc(OCCN(C)c2ccccc2)cc1. The molecule has 0 spiro atoms. The summed E-state index contributed by atoms with van der Waals surface area (Å²) in [6, 6.07) is 18.7. The number of benzene rings is 2. The predicted molar refractivity (Wildman–Crippen MR) is 81.0 cm³/mol. The lowest BCUT2D eigenvalue weighted by atomic mass is 10.2. The molecule has 0 saturated heterocycles. The quantitative estimate of drug-likeness (QED) is 0.779. The largest absolute Gasteiger partial charge is 0.492 e. The Labute approximate surface area is 115 Å². The Balaban J connectivity index is 1.79. The van der Waals surface area contributed by atoms with E-state index in [1.54, 1.807) is 0 Å². The van der Waals surface area contributed by atoms with E-state index >= 15 is 0 Å². The number of nitrogens with zero attached hydrogens (tertiary/aromatic N) is 1. The van der Waals surface area contributed by atoms with Crippen molar-refractivity contribution in [2.24, 2.45) is 0 Å². The van der Waals surface area contributed by atoms with Crippen LogP contribution in [0.3, 0.4) is 0 Å². The highest BCUT2D eigenvalue weighted by molar-refractivity contribution is 5.44. The maximum Gasteiger partial charge on any atom is 0.119 e. The van der Waals surface area contributed by atoms with Crippen LogP contribution in [0.4, 0.5) is 5.69 Å². The van der Waals surface area contributed by atoms with Crippen molar-refractivity contribution in [2.75, 3.05) is 25.1 Å². The second kappa shape index (κ2) is 6.83. The molecule has 0 radical (unpaired) electrons. The molecule has 2 nitrogen and oxygen atoms in total. The third kappa shape index (κ3) is 4.02. The maximum atomic E-state index is 5.76. The zero-order valence-corrected chi connectivity index (χ0v) is 11.7. The highest BCUT2D eigenvalue weighted by Crippen LogP contribution is 2.13. The van der Waals surface area contributed by atoms with Gasteiger partial charge in [-0.1, -0.05) is 37.3 Å². The molecule has 19 heavy (non-hydrogen) atoms. The fourth-order valence-electron chi connectivity index (χ4n) is 1.93. The van der Waals surface area contributed by atoms with Gasteiger partial charge in [-0.3, -0.25) is 0 Å². The lowest BCUT2D eigenvalue weighted by Crippen LogP contribution is -2.23. The molecule has 0 aliphatic rings. The summed E-state index contributed by atoms with van der Waals surface area (Å²) in [7, 11) is 2.08. The van der Waals surface area contributed by atoms with Crippen molar-refractivity contribution in [1.82, 2.24) is 0 Å². The Hall–Kier alpha value is -1.96. The van der Waals surface area contributed by atoms with E-state index in [0.717, 1.165) is 18.7 Å². The van der Waals surface area contributed by atoms with Gasteiger partial charge in [-0.05, 0) is 36.2 Å². The molecule has 0 fully saturated rings. The molecule has 0 saturated carbocycles. The Morgan fingerprint density at radius 3 is 2.26 bits per heavy atom. The first-order valence-electron chi connectivity index (χ1n) is 6.77. The van der Waals surface area contributed by atoms with Crippen LogP contribution in [-0.4, -0.2) is 20.2 Å². The highest BCUT2D eigenvalue weighted by Gasteiger charge is 2.00. The van der Waals surface area contributed by atoms with Crippen molar-refractivity contribution >= 4 is 5.69 Å². The predicted octanol–water partition coefficient (Wildman–Crippen LogP) is 3.76. The third-order valence-electron chi connectivity index (χ3n) is 3.22. The number of hydrogen-bond acceptors (Lipinski definition) is 2. The number of aryl methyl sites for hydroxylation is 1. The van der Waals surface area contributed by atoms with E-state index in [4.69, 9.17) is 4.74 Å². The monoisotopic (exact) mass is 255 g/mol. The van der Waals surface area contributed by atoms with E-state index in [1.807, 2.05) is 18.2 Å². The second-order valence-corrected chi connectivity index (χ2v) is 4.60. The van der Waals surface area contributed by atoms with Gasteiger partial charge in [0, 0.05) is 12.7 Å². The first kappa shape index (κ1) is 13.5. The Kier molecular flexibility index (Phi) is 4.85. The molecule has 2 aromatic carbocycles. The van der Waals surface area contributed by atoms with Crippen molar-refractivity contribution in [3.05, 3.63) is 60.2 Å². The summed E-state index contributed by atoms with van der Waals surface area (Å²) in [5, 5.41) is 0. The molecule has 100 valence electrons. The minimum atomic E-state index is 0.691. The Morgan fingerprint density at radius 2 is 1.63 bits per heavy atom. The lowest BCUT2D eigenvalue weighted by Gasteiger charge is -2.19. The molecule has 0 bridgehead atoms. The van der Waals surface area contributed by atoms with Crippen LogP contribution in [0.2, 0.25) is 0 Å². The summed E-state index contributed by atoms with van der Waals surface area (Å²) >= 11 is 0. The molecule has 0 aromatic heterocycles. The van der Waals surface area contributed by atoms with Crippen LogP contribution in [-0.2, 0) is 6.42 Å². The van der Waals surface area contributed by atoms with Gasteiger partial charge in [-0.15, -0.1) is 0 Å². The highest BCUT2D eigenvalue weighted by atomic mass is 16.5. The molecule has 0 heterocycles. The third-order valence-corrected chi connectivity index (χ3v) is 3.22. The van der Waals surface area contributed by atoms with E-state index in [9.17, 15) is 0 Å². The molecule has 0 aliphatic heterocycles. The van der Waals surface area contributed by atoms with E-state index in [1.165, 1.54) is 11.3 Å². The number of anilines is 1. The number of rotatable bonds is 6. The average Bonchev–Trinajstić information content (AvgIpc) is 2.49. The summed E-state index contributed by atoms with van der Waals surface area (Å²) in [6.45, 7) is 3.72. The average molecular weight is 255 g/mol. The van der Waals surface area contributed by atoms with Crippen molar-refractivity contribution in [3.8, 4) is 5.75 Å². The maximum absolute atomic E-state index is 5.76. The van der Waals surface area contributed by atoms with Crippen LogP contribution < -0.4 is 9.64 Å². The first-order valence-corrected chi connectivity index (χ1v) is 6.77. The second-order valence-electron chi connectivity index (χ2n) is 4.60. The zero-order chi connectivity index (χ0) is 13.5. The zero-order valence-electron chi connectivity index (χ0n) is 11.7. The normalized spacial score (nSPS) is 10.2. The molecule has 0 unspecified atom stereocenters. The minimum Gasteiger partial charge on any atom is -0.492 e. The van der Waals surface area contributed by atoms with E-state index in [2.05, 4.69) is 55.3 Å². The molecule has 2 heteroatoms.